The molecule has 4 nitrogen and oxygen atoms in total. The van der Waals surface area contributed by atoms with E-state index in [9.17, 15) is 13.2 Å². The molecule has 1 N–H and O–H groups in total. The van der Waals surface area contributed by atoms with Crippen LogP contribution in [0.3, 0.4) is 0 Å². The summed E-state index contributed by atoms with van der Waals surface area (Å²) >= 11 is 0. The van der Waals surface area contributed by atoms with E-state index < -0.39 is 21.0 Å². The van der Waals surface area contributed by atoms with Gasteiger partial charge in [-0.2, -0.15) is 0 Å². The highest BCUT2D eigenvalue weighted by molar-refractivity contribution is 7.92. The first kappa shape index (κ1) is 14.7. The van der Waals surface area contributed by atoms with E-state index in [1.54, 1.807) is 26.0 Å². The molecule has 0 saturated carbocycles. The summed E-state index contributed by atoms with van der Waals surface area (Å²) in [6.07, 6.45) is 0. The minimum atomic E-state index is -3.61. The lowest BCUT2D eigenvalue weighted by Crippen LogP contribution is -2.41. The zero-order chi connectivity index (χ0) is 13.9. The van der Waals surface area contributed by atoms with Crippen LogP contribution in [0.2, 0.25) is 0 Å². The van der Waals surface area contributed by atoms with Crippen LogP contribution >= 0.6 is 0 Å². The summed E-state index contributed by atoms with van der Waals surface area (Å²) in [5, 5.41) is 1.53. The predicted molar refractivity (Wildman–Crippen MR) is 71.1 cm³/mol. The van der Waals surface area contributed by atoms with Crippen molar-refractivity contribution in [3.8, 4) is 0 Å². The van der Waals surface area contributed by atoms with Crippen LogP contribution in [0.1, 0.15) is 26.3 Å². The molecule has 0 fully saturated rings. The fourth-order valence-electron chi connectivity index (χ4n) is 1.47. The molecule has 0 aliphatic carbocycles. The molecule has 1 rings (SSSR count). The highest BCUT2D eigenvalue weighted by Gasteiger charge is 2.29. The number of carbonyl (C=O) groups is 1. The van der Waals surface area contributed by atoms with Crippen molar-refractivity contribution in [2.24, 2.45) is 0 Å². The summed E-state index contributed by atoms with van der Waals surface area (Å²) in [5.41, 5.74) is 0.980. The van der Waals surface area contributed by atoms with Gasteiger partial charge in [-0.1, -0.05) is 17.7 Å². The van der Waals surface area contributed by atoms with Gasteiger partial charge in [0.2, 0.25) is 5.91 Å². The summed E-state index contributed by atoms with van der Waals surface area (Å²) in [7, 11) is -3.61. The van der Waals surface area contributed by atoms with E-state index >= 15 is 0 Å². The van der Waals surface area contributed by atoms with Gasteiger partial charge in [0.05, 0.1) is 4.90 Å². The van der Waals surface area contributed by atoms with E-state index in [1.165, 1.54) is 19.1 Å². The Morgan fingerprint density at radius 1 is 1.11 bits per heavy atom. The zero-order valence-electron chi connectivity index (χ0n) is 11.1. The van der Waals surface area contributed by atoms with Crippen LogP contribution in [-0.2, 0) is 14.6 Å². The Kier molecular flexibility index (Phi) is 4.51. The standard InChI is InChI=1S/C13H19NO3S/c1-9(2)14-13(15)11(4)18(16,17)12-7-5-10(3)6-8-12/h5-9,11H,1-4H3,(H,14,15). The van der Waals surface area contributed by atoms with Gasteiger partial charge in [-0.3, -0.25) is 4.79 Å². The van der Waals surface area contributed by atoms with Gasteiger partial charge in [-0.25, -0.2) is 8.42 Å². The summed E-state index contributed by atoms with van der Waals surface area (Å²) < 4.78 is 24.4. The maximum absolute atomic E-state index is 12.2. The summed E-state index contributed by atoms with van der Waals surface area (Å²) in [5.74, 6) is -0.467. The van der Waals surface area contributed by atoms with Crippen molar-refractivity contribution in [2.75, 3.05) is 0 Å². The Balaban J connectivity index is 2.99. The first-order valence-electron chi connectivity index (χ1n) is 5.86. The largest absolute Gasteiger partial charge is 0.353 e. The Labute approximate surface area is 108 Å². The third-order valence-corrected chi connectivity index (χ3v) is 4.69. The molecular weight excluding hydrogens is 250 g/mol. The van der Waals surface area contributed by atoms with Gasteiger partial charge in [0.25, 0.3) is 0 Å². The van der Waals surface area contributed by atoms with Gasteiger partial charge in [0.15, 0.2) is 9.84 Å². The molecule has 100 valence electrons. The van der Waals surface area contributed by atoms with E-state index in [0.29, 0.717) is 0 Å². The SMILES string of the molecule is Cc1ccc(S(=O)(=O)C(C)C(=O)NC(C)C)cc1. The van der Waals surface area contributed by atoms with Crippen molar-refractivity contribution in [2.45, 2.75) is 43.9 Å². The van der Waals surface area contributed by atoms with Crippen molar-refractivity contribution in [1.29, 1.82) is 0 Å². The van der Waals surface area contributed by atoms with Crippen LogP contribution in [0, 0.1) is 6.92 Å². The van der Waals surface area contributed by atoms with Crippen LogP contribution in [0.25, 0.3) is 0 Å². The van der Waals surface area contributed by atoms with Crippen LogP contribution in [0.15, 0.2) is 29.2 Å². The van der Waals surface area contributed by atoms with Crippen molar-refractivity contribution >= 4 is 15.7 Å². The second-order valence-corrected chi connectivity index (χ2v) is 6.93. The Morgan fingerprint density at radius 2 is 1.61 bits per heavy atom. The van der Waals surface area contributed by atoms with Crippen LogP contribution in [0.5, 0.6) is 0 Å². The van der Waals surface area contributed by atoms with Crippen molar-refractivity contribution in [3.05, 3.63) is 29.8 Å². The molecule has 0 aliphatic heterocycles. The summed E-state index contributed by atoms with van der Waals surface area (Å²) in [6.45, 7) is 6.88. The van der Waals surface area contributed by atoms with Gasteiger partial charge < -0.3 is 5.32 Å². The minimum absolute atomic E-state index is 0.0758. The molecular formula is C13H19NO3S. The first-order chi connectivity index (χ1) is 8.25. The molecule has 1 unspecified atom stereocenters. The second-order valence-electron chi connectivity index (χ2n) is 4.66. The second kappa shape index (κ2) is 5.52. The van der Waals surface area contributed by atoms with Gasteiger partial charge in [-0.15, -0.1) is 0 Å². The molecule has 0 radical (unpaired) electrons. The lowest BCUT2D eigenvalue weighted by molar-refractivity contribution is -0.120. The molecule has 5 heteroatoms. The molecule has 0 spiro atoms. The average molecular weight is 269 g/mol. The minimum Gasteiger partial charge on any atom is -0.353 e. The van der Waals surface area contributed by atoms with Gasteiger partial charge >= 0.3 is 0 Å². The number of hydrogen-bond donors (Lipinski definition) is 1. The quantitative estimate of drug-likeness (QED) is 0.904. The van der Waals surface area contributed by atoms with E-state index in [4.69, 9.17) is 0 Å². The number of sulfone groups is 1. The van der Waals surface area contributed by atoms with Crippen molar-refractivity contribution in [3.63, 3.8) is 0 Å². The molecule has 0 saturated heterocycles. The van der Waals surface area contributed by atoms with Gasteiger partial charge in [-0.05, 0) is 39.8 Å². The van der Waals surface area contributed by atoms with E-state index in [1.807, 2.05) is 6.92 Å². The molecule has 0 bridgehead atoms. The highest BCUT2D eigenvalue weighted by Crippen LogP contribution is 2.16. The molecule has 0 aliphatic rings. The third-order valence-electron chi connectivity index (χ3n) is 2.62. The highest BCUT2D eigenvalue weighted by atomic mass is 32.2. The third kappa shape index (κ3) is 3.32. The van der Waals surface area contributed by atoms with Gasteiger partial charge in [0, 0.05) is 6.04 Å². The Bertz CT molecular complexity index is 518. The fraction of sp³-hybridized carbons (Fsp3) is 0.462. The Hall–Kier alpha value is -1.36. The normalized spacial score (nSPS) is 13.4. The number of benzene rings is 1. The fourth-order valence-corrected chi connectivity index (χ4v) is 2.75. The van der Waals surface area contributed by atoms with Crippen molar-refractivity contribution < 1.29 is 13.2 Å². The number of rotatable bonds is 4. The molecule has 1 atom stereocenters. The number of carbonyl (C=O) groups excluding carboxylic acids is 1. The number of nitrogens with one attached hydrogen (secondary N) is 1. The maximum atomic E-state index is 12.2. The molecule has 0 heterocycles. The predicted octanol–water partition coefficient (Wildman–Crippen LogP) is 1.68. The zero-order valence-corrected chi connectivity index (χ0v) is 11.9. The van der Waals surface area contributed by atoms with Crippen LogP contribution in [0.4, 0.5) is 0 Å². The summed E-state index contributed by atoms with van der Waals surface area (Å²) in [6, 6.07) is 6.43. The average Bonchev–Trinajstić information content (AvgIpc) is 2.27. The van der Waals surface area contributed by atoms with Gasteiger partial charge in [0.1, 0.15) is 5.25 Å². The van der Waals surface area contributed by atoms with E-state index in [0.717, 1.165) is 5.56 Å². The lowest BCUT2D eigenvalue weighted by atomic mass is 10.2. The summed E-state index contributed by atoms with van der Waals surface area (Å²) in [4.78, 5) is 11.9. The molecule has 0 aromatic heterocycles. The van der Waals surface area contributed by atoms with Crippen LogP contribution < -0.4 is 5.32 Å². The maximum Gasteiger partial charge on any atom is 0.238 e. The molecule has 1 amide bonds. The van der Waals surface area contributed by atoms with Crippen LogP contribution in [-0.4, -0.2) is 25.6 Å². The smallest absolute Gasteiger partial charge is 0.238 e. The number of aryl methyl sites for hydroxylation is 1. The van der Waals surface area contributed by atoms with E-state index in [-0.39, 0.29) is 10.9 Å². The van der Waals surface area contributed by atoms with E-state index in [2.05, 4.69) is 5.32 Å². The Morgan fingerprint density at radius 3 is 2.06 bits per heavy atom. The molecule has 1 aromatic rings. The number of amides is 1. The van der Waals surface area contributed by atoms with Crippen molar-refractivity contribution in [1.82, 2.24) is 5.32 Å². The lowest BCUT2D eigenvalue weighted by Gasteiger charge is -2.15. The first-order valence-corrected chi connectivity index (χ1v) is 7.40. The topological polar surface area (TPSA) is 63.2 Å². The monoisotopic (exact) mass is 269 g/mol. The molecule has 18 heavy (non-hydrogen) atoms. The molecule has 1 aromatic carbocycles. The number of hydrogen-bond acceptors (Lipinski definition) is 3.